The van der Waals surface area contributed by atoms with E-state index in [1.807, 2.05) is 49.7 Å². The minimum Gasteiger partial charge on any atom is -1.00 e. The highest BCUT2D eigenvalue weighted by Crippen LogP contribution is 2.87. The molecule has 0 amide bonds. The van der Waals surface area contributed by atoms with Crippen LogP contribution in [0.2, 0.25) is 0 Å². The van der Waals surface area contributed by atoms with E-state index >= 15 is 0 Å². The van der Waals surface area contributed by atoms with Gasteiger partial charge in [-0.3, -0.25) is 0 Å². The van der Waals surface area contributed by atoms with Gasteiger partial charge in [-0.25, -0.2) is 0 Å². The van der Waals surface area contributed by atoms with E-state index in [0.29, 0.717) is 0 Å². The zero-order valence-corrected chi connectivity index (χ0v) is 42.8. The van der Waals surface area contributed by atoms with E-state index in [4.69, 9.17) is 0 Å². The lowest BCUT2D eigenvalue weighted by molar-refractivity contribution is -0.880. The van der Waals surface area contributed by atoms with Gasteiger partial charge in [0.2, 0.25) is 0 Å². The summed E-state index contributed by atoms with van der Waals surface area (Å²) in [6, 6.07) is 0. The van der Waals surface area contributed by atoms with Crippen LogP contribution in [-0.2, 0) is 21.7 Å². The Kier molecular flexibility index (Phi) is 2.76. The maximum Gasteiger partial charge on any atom is 0.0937 e. The highest BCUT2D eigenvalue weighted by molar-refractivity contribution is 6.79. The first-order valence-corrected chi connectivity index (χ1v) is 27.0. The van der Waals surface area contributed by atoms with Crippen LogP contribution in [0.25, 0.3) is 259 Å². The lowest BCUT2D eigenvalue weighted by Gasteiger charge is -2.50. The minimum atomic E-state index is -0.108. The van der Waals surface area contributed by atoms with Crippen LogP contribution in [0.15, 0.2) is 0 Å². The second kappa shape index (κ2) is 6.55. The Morgan fingerprint density at radius 3 is 0.736 bits per heavy atom. The summed E-state index contributed by atoms with van der Waals surface area (Å²) in [5.41, 5.74) is 14.5. The maximum absolute atomic E-state index is 2.69. The third-order valence-corrected chi connectivity index (χ3v) is 27.5. The zero-order valence-electron chi connectivity index (χ0n) is 38.5. The SMILES string of the molecule is C[N+]1(C)CC23C4=c5c6c7c8c9c%10c%11c%12c%13c(c%14c2c2c%15c%16c%17c%18c(c5c5c7c7c8c8c%10c%10c%19c%11c%11c%13c%14c%13c2c2c%16c%14c%17c%16c(c%185)c7c5c8c%10c7c8c%19c%11c%13c2c8c%14c7c%165)C%153C1)=C4C61C[N+](C)(C)CC%1291.[I-].[I-]. The first-order chi connectivity index (χ1) is 34.3. The van der Waals surface area contributed by atoms with Gasteiger partial charge < -0.3 is 56.9 Å². The first kappa shape index (κ1) is 30.3. The van der Waals surface area contributed by atoms with Crippen LogP contribution in [0, 0.1) is 0 Å². The van der Waals surface area contributed by atoms with Crippen molar-refractivity contribution in [1.29, 1.82) is 0 Å². The van der Waals surface area contributed by atoms with Crippen LogP contribution < -0.4 is 58.4 Å². The van der Waals surface area contributed by atoms with Gasteiger partial charge in [0.1, 0.15) is 0 Å². The standard InChI is InChI=1S/C68H20N2.2HI/c1-69(2)5-65-58-47-35-25-16-9-10-12-14-18(16)29(35)37-31-23(14)24-22(12)28-27-15(10)13-11(9)17-19-21-20(13)32-34(27)46-44(28)45-38(24)42-40(31)50(49(37)58)62-56-53(42)57(45)66-6-70(3,4)8-68(66)61-52-41(33(21)43(32)55(61)60(46)66)39-30(19)36(26(17)25)48(47)59(65)51(39)54(52)63(64(56)68)67(62,65)7-69;;/h5-8H2,1-4H3;2*1H/q+2;;/p-2. The van der Waals surface area contributed by atoms with E-state index < -0.39 is 0 Å². The lowest BCUT2D eigenvalue weighted by Crippen LogP contribution is -3.00. The molecule has 0 radical (unpaired) electrons. The summed E-state index contributed by atoms with van der Waals surface area (Å²) in [4.78, 5) is 0. The Balaban J connectivity index is 0.00000163. The largest absolute Gasteiger partial charge is 1.00 e. The van der Waals surface area contributed by atoms with Crippen molar-refractivity contribution < 1.29 is 56.9 Å². The molecule has 2 heterocycles. The third-order valence-electron chi connectivity index (χ3n) is 27.5. The van der Waals surface area contributed by atoms with Gasteiger partial charge in [0, 0.05) is 0 Å². The van der Waals surface area contributed by atoms with Crippen LogP contribution in [0.5, 0.6) is 0 Å². The molecule has 316 valence electrons. The van der Waals surface area contributed by atoms with E-state index in [1.165, 1.54) is 26.2 Å². The van der Waals surface area contributed by atoms with Crippen molar-refractivity contribution in [3.63, 3.8) is 0 Å². The van der Waals surface area contributed by atoms with Gasteiger partial charge >= 0.3 is 0 Å². The molecule has 4 heteroatoms. The van der Waals surface area contributed by atoms with Gasteiger partial charge in [0.15, 0.2) is 0 Å². The summed E-state index contributed by atoms with van der Waals surface area (Å²) >= 11 is 0. The summed E-state index contributed by atoms with van der Waals surface area (Å²) in [5.74, 6) is 0. The van der Waals surface area contributed by atoms with Crippen molar-refractivity contribution in [2.75, 3.05) is 54.4 Å². The number of halogens is 2. The Bertz CT molecular complexity index is 7330. The number of benzene rings is 15. The molecule has 2 saturated heterocycles. The predicted octanol–water partition coefficient (Wildman–Crippen LogP) is 7.07. The number of hydrogen-bond donors (Lipinski definition) is 0. The highest BCUT2D eigenvalue weighted by atomic mass is 127. The molecule has 0 aromatic heterocycles. The van der Waals surface area contributed by atoms with Crippen molar-refractivity contribution in [1.82, 2.24) is 0 Å². The second-order valence-electron chi connectivity index (χ2n) is 29.1. The molecule has 4 atom stereocenters. The zero-order chi connectivity index (χ0) is 42.2. The Morgan fingerprint density at radius 2 is 0.375 bits per heavy atom. The fraction of sp³-hybridized carbons (Fsp3) is 0.176. The fourth-order valence-electron chi connectivity index (χ4n) is 28.5. The van der Waals surface area contributed by atoms with E-state index in [-0.39, 0.29) is 69.6 Å². The second-order valence-corrected chi connectivity index (χ2v) is 29.1. The lowest BCUT2D eigenvalue weighted by atomic mass is 9.46. The maximum atomic E-state index is 2.69. The summed E-state index contributed by atoms with van der Waals surface area (Å²) in [6.07, 6.45) is 0. The van der Waals surface area contributed by atoms with E-state index in [1.54, 1.807) is 253 Å². The van der Waals surface area contributed by atoms with Gasteiger partial charge in [-0.05, 0) is 303 Å². The van der Waals surface area contributed by atoms with Crippen LogP contribution in [0.4, 0.5) is 0 Å². The minimum absolute atomic E-state index is 0. The van der Waals surface area contributed by atoms with Crippen LogP contribution in [0.1, 0.15) is 33.4 Å². The molecule has 2 aliphatic heterocycles. The van der Waals surface area contributed by atoms with E-state index in [0.717, 1.165) is 8.97 Å². The van der Waals surface area contributed by atoms with Crippen LogP contribution >= 0.6 is 0 Å². The summed E-state index contributed by atoms with van der Waals surface area (Å²) in [5, 5.41) is 83.0. The Labute approximate surface area is 432 Å². The molecule has 24 aromatic rings. The van der Waals surface area contributed by atoms with E-state index in [9.17, 15) is 0 Å². The van der Waals surface area contributed by atoms with E-state index in [2.05, 4.69) is 28.2 Å². The summed E-state index contributed by atoms with van der Waals surface area (Å²) in [6.45, 7) is 4.83. The molecule has 0 saturated carbocycles. The molecule has 4 unspecified atom stereocenters. The fourth-order valence-corrected chi connectivity index (χ4v) is 28.5. The van der Waals surface area contributed by atoms with Crippen LogP contribution in [0.3, 0.4) is 0 Å². The number of likely N-dealkylation sites (tertiary alicyclic amines) is 2. The number of likely N-dealkylation sites (N-methyl/N-ethyl adjacent to an activating group) is 2. The van der Waals surface area contributed by atoms with Crippen molar-refractivity contribution >= 4 is 259 Å². The smallest absolute Gasteiger partial charge is 0.0937 e. The van der Waals surface area contributed by atoms with Crippen LogP contribution in [-0.4, -0.2) is 63.3 Å². The Hall–Kier alpha value is -5.90. The van der Waals surface area contributed by atoms with Crippen molar-refractivity contribution in [3.8, 4) is 0 Å². The number of nitrogens with zero attached hydrogens (tertiary/aromatic N) is 2. The molecular formula is C68H20I2N2. The van der Waals surface area contributed by atoms with Gasteiger partial charge in [-0.1, -0.05) is 0 Å². The molecule has 34 rings (SSSR count). The molecule has 8 aliphatic carbocycles. The number of quaternary nitrogens is 2. The monoisotopic (exact) mass is 1120 g/mol. The normalized spacial score (nSPS) is 29.3. The van der Waals surface area contributed by atoms with Crippen molar-refractivity contribution in [2.45, 2.75) is 21.7 Å². The van der Waals surface area contributed by atoms with Gasteiger partial charge in [-0.2, -0.15) is 0 Å². The average molecular weight is 1120 g/mol. The summed E-state index contributed by atoms with van der Waals surface area (Å²) in [7, 11) is 10.8. The molecule has 4 spiro atoms. The molecule has 24 aromatic carbocycles. The highest BCUT2D eigenvalue weighted by Gasteiger charge is 2.83. The topological polar surface area (TPSA) is 0 Å². The predicted molar refractivity (Wildman–Crippen MR) is 290 cm³/mol. The number of hydrogen-bond acceptors (Lipinski definition) is 0. The third kappa shape index (κ3) is 1.56. The molecule has 2 nitrogen and oxygen atoms in total. The molecular weight excluding hydrogens is 1100 g/mol. The molecule has 10 aliphatic rings. The summed E-state index contributed by atoms with van der Waals surface area (Å²) < 4.78 is 2.18. The van der Waals surface area contributed by atoms with Gasteiger partial charge in [0.05, 0.1) is 76.0 Å². The molecule has 2 fully saturated rings. The first-order valence-electron chi connectivity index (χ1n) is 27.0. The average Bonchev–Trinajstić information content (AvgIpc) is 4.03. The Morgan fingerprint density at radius 1 is 0.194 bits per heavy atom. The van der Waals surface area contributed by atoms with Gasteiger partial charge in [0.25, 0.3) is 0 Å². The molecule has 72 heavy (non-hydrogen) atoms. The quantitative estimate of drug-likeness (QED) is 0.0867. The van der Waals surface area contributed by atoms with Crippen molar-refractivity contribution in [3.05, 3.63) is 43.8 Å². The van der Waals surface area contributed by atoms with Crippen molar-refractivity contribution in [2.24, 2.45) is 0 Å². The molecule has 0 bridgehead atoms. The number of rotatable bonds is 0. The van der Waals surface area contributed by atoms with Gasteiger partial charge in [-0.15, -0.1) is 0 Å². The molecule has 0 N–H and O–H groups in total.